The van der Waals surface area contributed by atoms with E-state index < -0.39 is 0 Å². The highest BCUT2D eigenvalue weighted by atomic mass is 16.5. The second-order valence-electron chi connectivity index (χ2n) is 5.32. The Kier molecular flexibility index (Phi) is 5.72. The summed E-state index contributed by atoms with van der Waals surface area (Å²) in [6.07, 6.45) is 5.63. The van der Waals surface area contributed by atoms with Gasteiger partial charge < -0.3 is 4.74 Å². The van der Waals surface area contributed by atoms with Gasteiger partial charge in [0, 0.05) is 24.0 Å². The van der Waals surface area contributed by atoms with Gasteiger partial charge in [0.2, 0.25) is 0 Å². The Morgan fingerprint density at radius 3 is 2.67 bits per heavy atom. The molecule has 2 aromatic rings. The number of nitrogens with one attached hydrogen (secondary N) is 1. The highest BCUT2D eigenvalue weighted by molar-refractivity contribution is 5.36. The molecule has 1 aromatic carbocycles. The molecule has 1 unspecified atom stereocenters. The van der Waals surface area contributed by atoms with Crippen molar-refractivity contribution < 1.29 is 4.74 Å². The summed E-state index contributed by atoms with van der Waals surface area (Å²) in [6.45, 7) is 4.05. The molecule has 112 valence electrons. The lowest BCUT2D eigenvalue weighted by atomic mass is 9.99. The van der Waals surface area contributed by atoms with Gasteiger partial charge in [0.15, 0.2) is 0 Å². The van der Waals surface area contributed by atoms with Crippen molar-refractivity contribution in [3.63, 3.8) is 0 Å². The number of ether oxygens (including phenoxy) is 1. The quantitative estimate of drug-likeness (QED) is 0.606. The van der Waals surface area contributed by atoms with Crippen molar-refractivity contribution >= 4 is 0 Å². The van der Waals surface area contributed by atoms with E-state index in [1.165, 1.54) is 5.56 Å². The molecule has 0 aliphatic carbocycles. The van der Waals surface area contributed by atoms with Crippen LogP contribution in [-0.2, 0) is 6.42 Å². The lowest BCUT2D eigenvalue weighted by Crippen LogP contribution is -2.29. The first-order valence-electron chi connectivity index (χ1n) is 7.31. The number of pyridine rings is 1. The van der Waals surface area contributed by atoms with Crippen LogP contribution in [0.15, 0.2) is 48.8 Å². The van der Waals surface area contributed by atoms with Crippen LogP contribution in [0.2, 0.25) is 0 Å². The van der Waals surface area contributed by atoms with Gasteiger partial charge in [0.25, 0.3) is 0 Å². The zero-order chi connectivity index (χ0) is 15.1. The van der Waals surface area contributed by atoms with Crippen LogP contribution < -0.4 is 16.0 Å². The van der Waals surface area contributed by atoms with Gasteiger partial charge in [-0.05, 0) is 44.4 Å². The number of aromatic nitrogens is 1. The Hall–Kier alpha value is -1.91. The van der Waals surface area contributed by atoms with Gasteiger partial charge in [-0.15, -0.1) is 0 Å². The summed E-state index contributed by atoms with van der Waals surface area (Å²) in [6, 6.07) is 12.1. The molecule has 3 N–H and O–H groups in total. The molecular weight excluding hydrogens is 262 g/mol. The van der Waals surface area contributed by atoms with E-state index in [1.807, 2.05) is 44.3 Å². The van der Waals surface area contributed by atoms with Gasteiger partial charge in [-0.1, -0.05) is 24.3 Å². The summed E-state index contributed by atoms with van der Waals surface area (Å²) in [5.74, 6) is 6.64. The van der Waals surface area contributed by atoms with Crippen LogP contribution in [0, 0.1) is 0 Å². The van der Waals surface area contributed by atoms with E-state index in [9.17, 15) is 0 Å². The second kappa shape index (κ2) is 7.76. The molecule has 0 saturated heterocycles. The summed E-state index contributed by atoms with van der Waals surface area (Å²) >= 11 is 0. The van der Waals surface area contributed by atoms with Crippen LogP contribution in [0.3, 0.4) is 0 Å². The van der Waals surface area contributed by atoms with Crippen molar-refractivity contribution in [3.05, 3.63) is 59.9 Å². The van der Waals surface area contributed by atoms with Crippen molar-refractivity contribution in [2.45, 2.75) is 38.8 Å². The topological polar surface area (TPSA) is 60.2 Å². The molecular formula is C17H23N3O. The molecule has 1 heterocycles. The first-order chi connectivity index (χ1) is 10.2. The minimum Gasteiger partial charge on any atom is -0.491 e. The fourth-order valence-corrected chi connectivity index (χ4v) is 2.32. The molecule has 0 spiro atoms. The van der Waals surface area contributed by atoms with Crippen molar-refractivity contribution in [2.24, 2.45) is 5.84 Å². The predicted octanol–water partition coefficient (Wildman–Crippen LogP) is 3.01. The third-order valence-corrected chi connectivity index (χ3v) is 3.30. The fourth-order valence-electron chi connectivity index (χ4n) is 2.32. The number of hydrogen-bond donors (Lipinski definition) is 2. The van der Waals surface area contributed by atoms with Crippen LogP contribution in [0.1, 0.15) is 37.4 Å². The normalized spacial score (nSPS) is 12.4. The molecule has 0 fully saturated rings. The number of para-hydroxylation sites is 1. The number of hydrazine groups is 1. The van der Waals surface area contributed by atoms with E-state index in [-0.39, 0.29) is 12.1 Å². The Morgan fingerprint density at radius 2 is 2.00 bits per heavy atom. The number of nitrogens with zero attached hydrogens (tertiary/aromatic N) is 1. The van der Waals surface area contributed by atoms with Crippen molar-refractivity contribution in [1.82, 2.24) is 10.4 Å². The summed E-state index contributed by atoms with van der Waals surface area (Å²) < 4.78 is 5.87. The minimum atomic E-state index is 0.0557. The zero-order valence-corrected chi connectivity index (χ0v) is 12.6. The van der Waals surface area contributed by atoms with Gasteiger partial charge >= 0.3 is 0 Å². The molecule has 0 saturated carbocycles. The molecule has 0 aliphatic heterocycles. The molecule has 0 bridgehead atoms. The predicted molar refractivity (Wildman–Crippen MR) is 84.8 cm³/mol. The second-order valence-corrected chi connectivity index (χ2v) is 5.32. The Bertz CT molecular complexity index is 543. The summed E-state index contributed by atoms with van der Waals surface area (Å²) in [4.78, 5) is 4.14. The van der Waals surface area contributed by atoms with E-state index in [4.69, 9.17) is 10.6 Å². The summed E-state index contributed by atoms with van der Waals surface area (Å²) in [7, 11) is 0. The third kappa shape index (κ3) is 4.55. The average Bonchev–Trinajstić information content (AvgIpc) is 2.50. The van der Waals surface area contributed by atoms with Gasteiger partial charge in [-0.2, -0.15) is 0 Å². The van der Waals surface area contributed by atoms with Crippen LogP contribution in [-0.4, -0.2) is 11.1 Å². The first-order valence-corrected chi connectivity index (χ1v) is 7.31. The fraction of sp³-hybridized carbons (Fsp3) is 0.353. The Morgan fingerprint density at radius 1 is 1.19 bits per heavy atom. The van der Waals surface area contributed by atoms with E-state index >= 15 is 0 Å². The van der Waals surface area contributed by atoms with Gasteiger partial charge in [0.05, 0.1) is 6.10 Å². The monoisotopic (exact) mass is 285 g/mol. The smallest absolute Gasteiger partial charge is 0.124 e. The van der Waals surface area contributed by atoms with Crippen molar-refractivity contribution in [3.8, 4) is 5.75 Å². The Balaban J connectivity index is 2.10. The number of aryl methyl sites for hydroxylation is 1. The largest absolute Gasteiger partial charge is 0.491 e. The van der Waals surface area contributed by atoms with E-state index in [2.05, 4.69) is 22.5 Å². The molecule has 1 atom stereocenters. The molecule has 0 radical (unpaired) electrons. The molecule has 21 heavy (non-hydrogen) atoms. The maximum atomic E-state index is 5.87. The van der Waals surface area contributed by atoms with Crippen molar-refractivity contribution in [2.75, 3.05) is 0 Å². The first kappa shape index (κ1) is 15.5. The van der Waals surface area contributed by atoms with Crippen LogP contribution in [0.4, 0.5) is 0 Å². The van der Waals surface area contributed by atoms with E-state index in [0.717, 1.165) is 24.2 Å². The van der Waals surface area contributed by atoms with Crippen LogP contribution in [0.5, 0.6) is 5.75 Å². The maximum absolute atomic E-state index is 5.87. The van der Waals surface area contributed by atoms with Gasteiger partial charge in [-0.25, -0.2) is 0 Å². The lowest BCUT2D eigenvalue weighted by Gasteiger charge is -2.21. The molecule has 0 amide bonds. The zero-order valence-electron chi connectivity index (χ0n) is 12.6. The number of nitrogens with two attached hydrogens (primary N) is 1. The van der Waals surface area contributed by atoms with Crippen LogP contribution in [0.25, 0.3) is 0 Å². The summed E-state index contributed by atoms with van der Waals surface area (Å²) in [5.41, 5.74) is 5.21. The minimum absolute atomic E-state index is 0.0557. The maximum Gasteiger partial charge on any atom is 0.124 e. The lowest BCUT2D eigenvalue weighted by molar-refractivity contribution is 0.237. The molecule has 1 aromatic heterocycles. The number of benzene rings is 1. The Labute approximate surface area is 126 Å². The summed E-state index contributed by atoms with van der Waals surface area (Å²) in [5, 5.41) is 0. The van der Waals surface area contributed by atoms with E-state index in [1.54, 1.807) is 6.20 Å². The van der Waals surface area contributed by atoms with E-state index in [0.29, 0.717) is 0 Å². The molecule has 4 heteroatoms. The third-order valence-electron chi connectivity index (χ3n) is 3.30. The highest BCUT2D eigenvalue weighted by Crippen LogP contribution is 2.28. The number of rotatable bonds is 7. The highest BCUT2D eigenvalue weighted by Gasteiger charge is 2.15. The SMILES string of the molecule is CC(C)Oc1ccccc1C(CCc1cccnc1)NN. The van der Waals surface area contributed by atoms with Gasteiger partial charge in [-0.3, -0.25) is 16.3 Å². The van der Waals surface area contributed by atoms with Crippen LogP contribution >= 0.6 is 0 Å². The number of hydrogen-bond acceptors (Lipinski definition) is 4. The van der Waals surface area contributed by atoms with Gasteiger partial charge in [0.1, 0.15) is 5.75 Å². The van der Waals surface area contributed by atoms with Crippen molar-refractivity contribution in [1.29, 1.82) is 0 Å². The molecule has 4 nitrogen and oxygen atoms in total. The molecule has 0 aliphatic rings. The average molecular weight is 285 g/mol. The molecule has 2 rings (SSSR count). The standard InChI is InChI=1S/C17H23N3O/c1-13(2)21-17-8-4-3-7-15(17)16(20-18)10-9-14-6-5-11-19-12-14/h3-8,11-13,16,20H,9-10,18H2,1-2H3.